The van der Waals surface area contributed by atoms with Gasteiger partial charge in [0.25, 0.3) is 0 Å². The summed E-state index contributed by atoms with van der Waals surface area (Å²) in [6.07, 6.45) is 1.63. The van der Waals surface area contributed by atoms with Gasteiger partial charge in [0, 0.05) is 13.6 Å². The molecule has 1 atom stereocenters. The van der Waals surface area contributed by atoms with Crippen LogP contribution in [-0.2, 0) is 11.3 Å². The molecule has 1 aromatic carbocycles. The quantitative estimate of drug-likeness (QED) is 0.870. The molecule has 3 heteroatoms. The van der Waals surface area contributed by atoms with E-state index in [0.717, 1.165) is 12.0 Å². The van der Waals surface area contributed by atoms with Crippen molar-refractivity contribution in [1.82, 2.24) is 4.90 Å². The standard InChI is InChI=1S/C15H24N2O/c1-5-10-15(3,16)14(18)17(4)11-13-8-6-12(2)7-9-13/h6-9H,5,10-11,16H2,1-4H3. The highest BCUT2D eigenvalue weighted by Gasteiger charge is 2.29. The predicted octanol–water partition coefficient (Wildman–Crippen LogP) is 2.47. The normalized spacial score (nSPS) is 14.1. The molecule has 18 heavy (non-hydrogen) atoms. The number of nitrogens with two attached hydrogens (primary N) is 1. The molecule has 0 fully saturated rings. The van der Waals surface area contributed by atoms with E-state index in [1.165, 1.54) is 5.56 Å². The number of nitrogens with zero attached hydrogens (tertiary/aromatic N) is 1. The summed E-state index contributed by atoms with van der Waals surface area (Å²) in [6.45, 7) is 6.51. The molecule has 0 radical (unpaired) electrons. The van der Waals surface area contributed by atoms with E-state index < -0.39 is 5.54 Å². The summed E-state index contributed by atoms with van der Waals surface area (Å²) in [5, 5.41) is 0. The Bertz CT molecular complexity index is 395. The van der Waals surface area contributed by atoms with Gasteiger partial charge in [0.05, 0.1) is 5.54 Å². The molecule has 3 nitrogen and oxygen atoms in total. The fourth-order valence-corrected chi connectivity index (χ4v) is 2.10. The van der Waals surface area contributed by atoms with Gasteiger partial charge in [-0.05, 0) is 25.8 Å². The number of likely N-dealkylation sites (N-methyl/N-ethyl adjacent to an activating group) is 1. The number of carbonyl (C=O) groups excluding carboxylic acids is 1. The van der Waals surface area contributed by atoms with Crippen molar-refractivity contribution in [3.8, 4) is 0 Å². The first kappa shape index (κ1) is 14.7. The Hall–Kier alpha value is -1.35. The van der Waals surface area contributed by atoms with Gasteiger partial charge in [0.1, 0.15) is 0 Å². The van der Waals surface area contributed by atoms with E-state index in [1.54, 1.807) is 4.90 Å². The van der Waals surface area contributed by atoms with Crippen LogP contribution >= 0.6 is 0 Å². The lowest BCUT2D eigenvalue weighted by atomic mass is 9.95. The maximum Gasteiger partial charge on any atom is 0.242 e. The summed E-state index contributed by atoms with van der Waals surface area (Å²) in [5.74, 6) is 0.00456. The van der Waals surface area contributed by atoms with Gasteiger partial charge < -0.3 is 10.6 Å². The highest BCUT2D eigenvalue weighted by Crippen LogP contribution is 2.14. The molecular weight excluding hydrogens is 224 g/mol. The summed E-state index contributed by atoms with van der Waals surface area (Å²) in [4.78, 5) is 13.9. The molecule has 0 aliphatic carbocycles. The van der Waals surface area contributed by atoms with Crippen molar-refractivity contribution in [2.24, 2.45) is 5.73 Å². The summed E-state index contributed by atoms with van der Waals surface area (Å²) in [7, 11) is 1.81. The first-order valence-corrected chi connectivity index (χ1v) is 6.47. The van der Waals surface area contributed by atoms with Crippen molar-refractivity contribution in [1.29, 1.82) is 0 Å². The fourth-order valence-electron chi connectivity index (χ4n) is 2.10. The van der Waals surface area contributed by atoms with Gasteiger partial charge in [0.15, 0.2) is 0 Å². The Morgan fingerprint density at radius 1 is 1.33 bits per heavy atom. The average molecular weight is 248 g/mol. The average Bonchev–Trinajstić information content (AvgIpc) is 2.31. The van der Waals surface area contributed by atoms with E-state index in [-0.39, 0.29) is 5.91 Å². The van der Waals surface area contributed by atoms with Crippen molar-refractivity contribution in [3.63, 3.8) is 0 Å². The van der Waals surface area contributed by atoms with Crippen molar-refractivity contribution in [2.75, 3.05) is 7.05 Å². The molecule has 1 unspecified atom stereocenters. The monoisotopic (exact) mass is 248 g/mol. The van der Waals surface area contributed by atoms with E-state index in [2.05, 4.69) is 19.1 Å². The molecule has 1 rings (SSSR count). The third kappa shape index (κ3) is 3.84. The number of hydrogen-bond donors (Lipinski definition) is 1. The van der Waals surface area contributed by atoms with E-state index in [1.807, 2.05) is 33.0 Å². The van der Waals surface area contributed by atoms with Crippen LogP contribution in [0.5, 0.6) is 0 Å². The smallest absolute Gasteiger partial charge is 0.242 e. The fraction of sp³-hybridized carbons (Fsp3) is 0.533. The van der Waals surface area contributed by atoms with Crippen LogP contribution in [0.3, 0.4) is 0 Å². The van der Waals surface area contributed by atoms with Crippen molar-refractivity contribution < 1.29 is 4.79 Å². The van der Waals surface area contributed by atoms with Crippen molar-refractivity contribution in [2.45, 2.75) is 45.7 Å². The zero-order valence-electron chi connectivity index (χ0n) is 11.9. The Kier molecular flexibility index (Phi) is 4.91. The van der Waals surface area contributed by atoms with Crippen LogP contribution in [0.4, 0.5) is 0 Å². The summed E-state index contributed by atoms with van der Waals surface area (Å²) < 4.78 is 0. The van der Waals surface area contributed by atoms with Gasteiger partial charge in [-0.25, -0.2) is 0 Å². The number of benzene rings is 1. The minimum absolute atomic E-state index is 0.00456. The highest BCUT2D eigenvalue weighted by atomic mass is 16.2. The minimum Gasteiger partial charge on any atom is -0.340 e. The van der Waals surface area contributed by atoms with Crippen molar-refractivity contribution in [3.05, 3.63) is 35.4 Å². The molecule has 0 aromatic heterocycles. The maximum absolute atomic E-state index is 12.2. The van der Waals surface area contributed by atoms with E-state index in [4.69, 9.17) is 5.73 Å². The van der Waals surface area contributed by atoms with Crippen LogP contribution in [0.25, 0.3) is 0 Å². The predicted molar refractivity (Wildman–Crippen MR) is 75.2 cm³/mol. The molecule has 0 aliphatic heterocycles. The van der Waals surface area contributed by atoms with E-state index >= 15 is 0 Å². The maximum atomic E-state index is 12.2. The summed E-state index contributed by atoms with van der Waals surface area (Å²) in [6, 6.07) is 8.21. The molecule has 1 amide bonds. The van der Waals surface area contributed by atoms with E-state index in [9.17, 15) is 4.79 Å². The van der Waals surface area contributed by atoms with Crippen LogP contribution in [0.2, 0.25) is 0 Å². The summed E-state index contributed by atoms with van der Waals surface area (Å²) in [5.41, 5.74) is 7.66. The second kappa shape index (κ2) is 6.01. The lowest BCUT2D eigenvalue weighted by molar-refractivity contribution is -0.135. The van der Waals surface area contributed by atoms with E-state index in [0.29, 0.717) is 13.0 Å². The van der Waals surface area contributed by atoms with Crippen LogP contribution < -0.4 is 5.73 Å². The molecular formula is C15H24N2O. The molecule has 1 aromatic rings. The lowest BCUT2D eigenvalue weighted by Gasteiger charge is -2.29. The largest absolute Gasteiger partial charge is 0.340 e. The first-order chi connectivity index (χ1) is 8.36. The van der Waals surface area contributed by atoms with Crippen LogP contribution in [0.1, 0.15) is 37.8 Å². The molecule has 0 bridgehead atoms. The topological polar surface area (TPSA) is 46.3 Å². The van der Waals surface area contributed by atoms with Gasteiger partial charge in [-0.15, -0.1) is 0 Å². The Labute approximate surface area is 110 Å². The number of amides is 1. The van der Waals surface area contributed by atoms with Crippen LogP contribution in [0.15, 0.2) is 24.3 Å². The van der Waals surface area contributed by atoms with Gasteiger partial charge in [-0.1, -0.05) is 43.2 Å². The number of aryl methyl sites for hydroxylation is 1. The third-order valence-electron chi connectivity index (χ3n) is 3.14. The molecule has 0 saturated heterocycles. The zero-order valence-corrected chi connectivity index (χ0v) is 11.9. The highest BCUT2D eigenvalue weighted by molar-refractivity contribution is 5.85. The van der Waals surface area contributed by atoms with Gasteiger partial charge in [-0.2, -0.15) is 0 Å². The molecule has 2 N–H and O–H groups in total. The Morgan fingerprint density at radius 2 is 1.89 bits per heavy atom. The minimum atomic E-state index is -0.756. The third-order valence-corrected chi connectivity index (χ3v) is 3.14. The second-order valence-corrected chi connectivity index (χ2v) is 5.31. The molecule has 0 saturated carbocycles. The summed E-state index contributed by atoms with van der Waals surface area (Å²) >= 11 is 0. The van der Waals surface area contributed by atoms with Crippen molar-refractivity contribution >= 4 is 5.91 Å². The first-order valence-electron chi connectivity index (χ1n) is 6.47. The number of rotatable bonds is 5. The molecule has 100 valence electrons. The van der Waals surface area contributed by atoms with Gasteiger partial charge >= 0.3 is 0 Å². The lowest BCUT2D eigenvalue weighted by Crippen LogP contribution is -2.51. The Balaban J connectivity index is 2.67. The van der Waals surface area contributed by atoms with Gasteiger partial charge in [-0.3, -0.25) is 4.79 Å². The molecule has 0 heterocycles. The molecule has 0 aliphatic rings. The van der Waals surface area contributed by atoms with Gasteiger partial charge in [0.2, 0.25) is 5.91 Å². The SMILES string of the molecule is CCCC(C)(N)C(=O)N(C)Cc1ccc(C)cc1. The number of hydrogen-bond acceptors (Lipinski definition) is 2. The molecule has 0 spiro atoms. The Morgan fingerprint density at radius 3 is 2.39 bits per heavy atom. The zero-order chi connectivity index (χ0) is 13.8. The van der Waals surface area contributed by atoms with Crippen LogP contribution in [-0.4, -0.2) is 23.4 Å². The number of carbonyl (C=O) groups is 1. The second-order valence-electron chi connectivity index (χ2n) is 5.31. The van der Waals surface area contributed by atoms with Crippen LogP contribution in [0, 0.1) is 6.92 Å².